The number of benzene rings is 2. The van der Waals surface area contributed by atoms with Crippen LogP contribution >= 0.6 is 27.7 Å². The van der Waals surface area contributed by atoms with Gasteiger partial charge in [-0.2, -0.15) is 0 Å². The van der Waals surface area contributed by atoms with Crippen LogP contribution in [0.25, 0.3) is 6.08 Å². The Balaban J connectivity index is 1.40. The van der Waals surface area contributed by atoms with E-state index in [0.717, 1.165) is 58.3 Å². The fourth-order valence-electron chi connectivity index (χ4n) is 4.36. The van der Waals surface area contributed by atoms with Gasteiger partial charge in [-0.15, -0.1) is 0 Å². The molecule has 2 aliphatic rings. The van der Waals surface area contributed by atoms with Crippen molar-refractivity contribution in [1.29, 1.82) is 0 Å². The van der Waals surface area contributed by atoms with E-state index in [1.54, 1.807) is 12.0 Å². The number of piperidine rings is 1. The molecule has 35 heavy (non-hydrogen) atoms. The molecule has 0 aromatic heterocycles. The van der Waals surface area contributed by atoms with Gasteiger partial charge in [0.1, 0.15) is 12.3 Å². The SMILES string of the molecule is COc1ccc(/C=C2/Sc3ccccc3N(CC(=O)NCCCN3CCC(C)CC3)C2=O)cc1Br. The lowest BCUT2D eigenvalue weighted by molar-refractivity contribution is -0.122. The Morgan fingerprint density at radius 3 is 2.74 bits per heavy atom. The Kier molecular flexibility index (Phi) is 8.92. The molecule has 6 nitrogen and oxygen atoms in total. The van der Waals surface area contributed by atoms with Gasteiger partial charge in [-0.1, -0.05) is 36.9 Å². The number of nitrogens with one attached hydrogen (secondary N) is 1. The standard InChI is InChI=1S/C27H32BrN3O3S/c1-19-10-14-30(15-11-19)13-5-12-29-26(32)18-31-22-6-3-4-7-24(22)35-25(27(31)33)17-20-8-9-23(34-2)21(28)16-20/h3-4,6-9,16-17,19H,5,10-15,18H2,1-2H3,(H,29,32)/b25-17+. The van der Waals surface area contributed by atoms with Gasteiger partial charge in [0.2, 0.25) is 5.91 Å². The van der Waals surface area contributed by atoms with E-state index >= 15 is 0 Å². The molecule has 0 atom stereocenters. The van der Waals surface area contributed by atoms with Crippen molar-refractivity contribution in [2.75, 3.05) is 44.7 Å². The van der Waals surface area contributed by atoms with Crippen LogP contribution in [0.2, 0.25) is 0 Å². The van der Waals surface area contributed by atoms with Gasteiger partial charge in [-0.05, 0) is 96.6 Å². The second-order valence-electron chi connectivity index (χ2n) is 9.09. The highest BCUT2D eigenvalue weighted by molar-refractivity contribution is 9.10. The number of amides is 2. The molecule has 1 fully saturated rings. The monoisotopic (exact) mass is 557 g/mol. The van der Waals surface area contributed by atoms with Crippen LogP contribution in [0.5, 0.6) is 5.75 Å². The fraction of sp³-hybridized carbons (Fsp3) is 0.407. The molecule has 0 spiro atoms. The molecule has 4 rings (SSSR count). The summed E-state index contributed by atoms with van der Waals surface area (Å²) in [7, 11) is 1.62. The minimum atomic E-state index is -0.168. The molecule has 2 amide bonds. The van der Waals surface area contributed by atoms with Crippen LogP contribution in [0, 0.1) is 5.92 Å². The van der Waals surface area contributed by atoms with E-state index in [1.165, 1.54) is 24.6 Å². The van der Waals surface area contributed by atoms with Gasteiger partial charge in [-0.25, -0.2) is 0 Å². The third kappa shape index (κ3) is 6.68. The number of para-hydroxylation sites is 1. The number of hydrogen-bond acceptors (Lipinski definition) is 5. The van der Waals surface area contributed by atoms with Crippen molar-refractivity contribution in [3.63, 3.8) is 0 Å². The predicted octanol–water partition coefficient (Wildman–Crippen LogP) is 5.18. The average Bonchev–Trinajstić information content (AvgIpc) is 2.85. The van der Waals surface area contributed by atoms with Gasteiger partial charge in [0.05, 0.1) is 22.2 Å². The van der Waals surface area contributed by atoms with Crippen LogP contribution in [0.3, 0.4) is 0 Å². The molecule has 0 unspecified atom stereocenters. The minimum absolute atomic E-state index is 0.00127. The van der Waals surface area contributed by atoms with E-state index in [0.29, 0.717) is 11.4 Å². The number of hydrogen-bond donors (Lipinski definition) is 1. The molecule has 186 valence electrons. The molecule has 0 bridgehead atoms. The number of thioether (sulfide) groups is 1. The topological polar surface area (TPSA) is 61.9 Å². The molecule has 0 saturated carbocycles. The van der Waals surface area contributed by atoms with Crippen LogP contribution in [0.4, 0.5) is 5.69 Å². The zero-order valence-electron chi connectivity index (χ0n) is 20.3. The normalized spacial score (nSPS) is 18.0. The van der Waals surface area contributed by atoms with Crippen LogP contribution in [-0.2, 0) is 9.59 Å². The first-order valence-corrected chi connectivity index (χ1v) is 13.7. The number of carbonyl (C=O) groups is 2. The molecule has 8 heteroatoms. The molecule has 2 aliphatic heterocycles. The van der Waals surface area contributed by atoms with E-state index in [4.69, 9.17) is 4.74 Å². The number of anilines is 1. The zero-order chi connectivity index (χ0) is 24.8. The van der Waals surface area contributed by atoms with E-state index in [1.807, 2.05) is 48.5 Å². The number of methoxy groups -OCH3 is 1. The van der Waals surface area contributed by atoms with Crippen molar-refractivity contribution in [2.24, 2.45) is 5.92 Å². The van der Waals surface area contributed by atoms with Gasteiger partial charge in [0.25, 0.3) is 5.91 Å². The zero-order valence-corrected chi connectivity index (χ0v) is 22.7. The predicted molar refractivity (Wildman–Crippen MR) is 146 cm³/mol. The molecule has 0 aliphatic carbocycles. The molecule has 2 aromatic carbocycles. The van der Waals surface area contributed by atoms with Crippen molar-refractivity contribution in [3.8, 4) is 5.75 Å². The maximum Gasteiger partial charge on any atom is 0.265 e. The Morgan fingerprint density at radius 1 is 1.23 bits per heavy atom. The average molecular weight is 559 g/mol. The molecule has 2 aromatic rings. The van der Waals surface area contributed by atoms with Gasteiger partial charge < -0.3 is 15.0 Å². The number of likely N-dealkylation sites (tertiary alicyclic amines) is 1. The molecule has 0 radical (unpaired) electrons. The van der Waals surface area contributed by atoms with Crippen molar-refractivity contribution in [1.82, 2.24) is 10.2 Å². The first kappa shape index (κ1) is 25.8. The molecular formula is C27H32BrN3O3S. The first-order chi connectivity index (χ1) is 16.9. The maximum atomic E-state index is 13.4. The van der Waals surface area contributed by atoms with Crippen molar-refractivity contribution in [3.05, 3.63) is 57.4 Å². The summed E-state index contributed by atoms with van der Waals surface area (Å²) in [4.78, 5) is 31.8. The quantitative estimate of drug-likeness (QED) is 0.358. The summed E-state index contributed by atoms with van der Waals surface area (Å²) in [6.45, 7) is 6.22. The Hall–Kier alpha value is -2.29. The third-order valence-corrected chi connectivity index (χ3v) is 8.15. The van der Waals surface area contributed by atoms with E-state index in [2.05, 4.69) is 33.1 Å². The van der Waals surface area contributed by atoms with E-state index in [9.17, 15) is 9.59 Å². The summed E-state index contributed by atoms with van der Waals surface area (Å²) in [5.41, 5.74) is 1.65. The summed E-state index contributed by atoms with van der Waals surface area (Å²) in [6, 6.07) is 13.4. The maximum absolute atomic E-state index is 13.4. The summed E-state index contributed by atoms with van der Waals surface area (Å²) in [5.74, 6) is 1.24. The van der Waals surface area contributed by atoms with Crippen LogP contribution in [0.1, 0.15) is 31.7 Å². The van der Waals surface area contributed by atoms with Crippen LogP contribution in [0.15, 0.2) is 56.7 Å². The van der Waals surface area contributed by atoms with E-state index < -0.39 is 0 Å². The van der Waals surface area contributed by atoms with E-state index in [-0.39, 0.29) is 18.4 Å². The molecule has 1 saturated heterocycles. The second kappa shape index (κ2) is 12.1. The summed E-state index contributed by atoms with van der Waals surface area (Å²) in [5, 5.41) is 3.01. The highest BCUT2D eigenvalue weighted by Crippen LogP contribution is 2.42. The number of nitrogens with zero attached hydrogens (tertiary/aromatic N) is 2. The van der Waals surface area contributed by atoms with Gasteiger partial charge in [0.15, 0.2) is 0 Å². The third-order valence-electron chi connectivity index (χ3n) is 6.46. The highest BCUT2D eigenvalue weighted by Gasteiger charge is 2.30. The van der Waals surface area contributed by atoms with Gasteiger partial charge in [0, 0.05) is 11.4 Å². The number of carbonyl (C=O) groups excluding carboxylic acids is 2. The van der Waals surface area contributed by atoms with Crippen molar-refractivity contribution >= 4 is 51.3 Å². The summed E-state index contributed by atoms with van der Waals surface area (Å²) < 4.78 is 6.12. The minimum Gasteiger partial charge on any atom is -0.496 e. The Morgan fingerprint density at radius 2 is 2.00 bits per heavy atom. The van der Waals surface area contributed by atoms with Crippen LogP contribution in [-0.4, -0.2) is 56.5 Å². The lowest BCUT2D eigenvalue weighted by Crippen LogP contribution is -2.43. The largest absolute Gasteiger partial charge is 0.496 e. The van der Waals surface area contributed by atoms with Crippen molar-refractivity contribution in [2.45, 2.75) is 31.1 Å². The number of rotatable bonds is 8. The lowest BCUT2D eigenvalue weighted by Gasteiger charge is -2.30. The van der Waals surface area contributed by atoms with Gasteiger partial charge >= 0.3 is 0 Å². The lowest BCUT2D eigenvalue weighted by atomic mass is 9.99. The second-order valence-corrected chi connectivity index (χ2v) is 11.0. The molecule has 2 heterocycles. The molecular weight excluding hydrogens is 526 g/mol. The highest BCUT2D eigenvalue weighted by atomic mass is 79.9. The summed E-state index contributed by atoms with van der Waals surface area (Å²) >= 11 is 4.93. The number of ether oxygens (including phenoxy) is 1. The number of halogens is 1. The van der Waals surface area contributed by atoms with Crippen molar-refractivity contribution < 1.29 is 14.3 Å². The van der Waals surface area contributed by atoms with Gasteiger partial charge in [-0.3, -0.25) is 14.5 Å². The van der Waals surface area contributed by atoms with Crippen LogP contribution < -0.4 is 15.0 Å². The number of fused-ring (bicyclic) bond motifs is 1. The fourth-order valence-corrected chi connectivity index (χ4v) is 5.98. The smallest absolute Gasteiger partial charge is 0.265 e. The Bertz CT molecular complexity index is 1100. The molecule has 1 N–H and O–H groups in total. The Labute approximate surface area is 220 Å². The first-order valence-electron chi connectivity index (χ1n) is 12.1. The summed E-state index contributed by atoms with van der Waals surface area (Å²) in [6.07, 6.45) is 5.28.